The van der Waals surface area contributed by atoms with Crippen LogP contribution in [0.3, 0.4) is 0 Å². The number of nitro benzene ring substituents is 1. The van der Waals surface area contributed by atoms with Crippen molar-refractivity contribution in [3.8, 4) is 11.5 Å². The first kappa shape index (κ1) is 19.5. The summed E-state index contributed by atoms with van der Waals surface area (Å²) < 4.78 is 11.0. The van der Waals surface area contributed by atoms with Gasteiger partial charge >= 0.3 is 0 Å². The maximum Gasteiger partial charge on any atom is 0.293 e. The molecule has 0 radical (unpaired) electrons. The highest BCUT2D eigenvalue weighted by molar-refractivity contribution is 5.97. The standard InChI is InChI=1S/C20H20N4O6/c25-19(13-7-8-14(15(11-13)24(27)28)23-9-3-4-10-23)21-22-20(26)18-12-29-16-5-1-2-6-17(16)30-18/h1-2,5-8,11,18H,3-4,9-10,12H2,(H,21,25)(H,22,26). The lowest BCUT2D eigenvalue weighted by Crippen LogP contribution is -2.50. The van der Waals surface area contributed by atoms with Crippen molar-refractivity contribution in [2.75, 3.05) is 24.6 Å². The maximum absolute atomic E-state index is 12.4. The van der Waals surface area contributed by atoms with Crippen LogP contribution in [0.2, 0.25) is 0 Å². The molecule has 10 heteroatoms. The van der Waals surface area contributed by atoms with Gasteiger partial charge in [-0.3, -0.25) is 30.6 Å². The third-order valence-electron chi connectivity index (χ3n) is 4.98. The molecule has 0 spiro atoms. The molecule has 2 heterocycles. The number of hydrazine groups is 1. The number of carbonyl (C=O) groups is 2. The summed E-state index contributed by atoms with van der Waals surface area (Å²) in [5.74, 6) is -0.295. The van der Waals surface area contributed by atoms with E-state index >= 15 is 0 Å². The number of fused-ring (bicyclic) bond motifs is 1. The Kier molecular flexibility index (Phi) is 5.38. The van der Waals surface area contributed by atoms with Gasteiger partial charge in [-0.15, -0.1) is 0 Å². The molecular weight excluding hydrogens is 392 g/mol. The van der Waals surface area contributed by atoms with Crippen molar-refractivity contribution in [1.82, 2.24) is 10.9 Å². The Bertz CT molecular complexity index is 989. The SMILES string of the molecule is O=C(NNC(=O)C1COc2ccccc2O1)c1ccc(N2CCCC2)c([N+](=O)[O-])c1. The molecule has 1 unspecified atom stereocenters. The predicted molar refractivity (Wildman–Crippen MR) is 107 cm³/mol. The summed E-state index contributed by atoms with van der Waals surface area (Å²) in [4.78, 5) is 37.6. The summed E-state index contributed by atoms with van der Waals surface area (Å²) in [5.41, 5.74) is 4.96. The first-order chi connectivity index (χ1) is 14.5. The highest BCUT2D eigenvalue weighted by Crippen LogP contribution is 2.32. The molecule has 0 aromatic heterocycles. The summed E-state index contributed by atoms with van der Waals surface area (Å²) in [6.07, 6.45) is 1.01. The predicted octanol–water partition coefficient (Wildman–Crippen LogP) is 1.80. The number of nitrogens with zero attached hydrogens (tertiary/aromatic N) is 2. The van der Waals surface area contributed by atoms with Crippen molar-refractivity contribution in [2.45, 2.75) is 18.9 Å². The summed E-state index contributed by atoms with van der Waals surface area (Å²) in [6.45, 7) is 1.48. The van der Waals surface area contributed by atoms with Gasteiger partial charge in [-0.2, -0.15) is 0 Å². The Balaban J connectivity index is 1.40. The molecule has 1 atom stereocenters. The van der Waals surface area contributed by atoms with E-state index in [1.165, 1.54) is 12.1 Å². The highest BCUT2D eigenvalue weighted by Gasteiger charge is 2.28. The Morgan fingerprint density at radius 2 is 1.80 bits per heavy atom. The maximum atomic E-state index is 12.4. The Hall–Kier alpha value is -3.82. The molecule has 156 valence electrons. The number of carbonyl (C=O) groups excluding carboxylic acids is 2. The van der Waals surface area contributed by atoms with Crippen molar-refractivity contribution in [2.24, 2.45) is 0 Å². The fourth-order valence-electron chi connectivity index (χ4n) is 3.46. The van der Waals surface area contributed by atoms with Crippen LogP contribution >= 0.6 is 0 Å². The van der Waals surface area contributed by atoms with Gasteiger partial charge in [0.1, 0.15) is 12.3 Å². The third-order valence-corrected chi connectivity index (χ3v) is 4.98. The number of rotatable bonds is 4. The molecule has 4 rings (SSSR count). The van der Waals surface area contributed by atoms with Crippen molar-refractivity contribution < 1.29 is 24.0 Å². The Morgan fingerprint density at radius 3 is 2.53 bits per heavy atom. The van der Waals surface area contributed by atoms with Crippen molar-refractivity contribution in [3.05, 3.63) is 58.1 Å². The fourth-order valence-corrected chi connectivity index (χ4v) is 3.46. The van der Waals surface area contributed by atoms with E-state index in [4.69, 9.17) is 9.47 Å². The van der Waals surface area contributed by atoms with Crippen LogP contribution in [-0.2, 0) is 4.79 Å². The molecule has 10 nitrogen and oxygen atoms in total. The summed E-state index contributed by atoms with van der Waals surface area (Å²) in [5, 5.41) is 11.5. The second kappa shape index (κ2) is 8.27. The minimum Gasteiger partial charge on any atom is -0.485 e. The van der Waals surface area contributed by atoms with Gasteiger partial charge in [-0.25, -0.2) is 0 Å². The topological polar surface area (TPSA) is 123 Å². The molecule has 0 saturated carbocycles. The zero-order valence-corrected chi connectivity index (χ0v) is 16.0. The van der Waals surface area contributed by atoms with Gasteiger partial charge in [0.25, 0.3) is 17.5 Å². The van der Waals surface area contributed by atoms with Crippen LogP contribution in [0.25, 0.3) is 0 Å². The van der Waals surface area contributed by atoms with Crippen LogP contribution < -0.4 is 25.2 Å². The Labute approximate surface area is 171 Å². The number of hydrogen-bond acceptors (Lipinski definition) is 7. The van der Waals surface area contributed by atoms with Gasteiger partial charge < -0.3 is 14.4 Å². The molecule has 0 bridgehead atoms. The zero-order valence-electron chi connectivity index (χ0n) is 16.0. The third kappa shape index (κ3) is 3.97. The average Bonchev–Trinajstić information content (AvgIpc) is 3.31. The minimum absolute atomic E-state index is 0.00524. The number of ether oxygens (including phenoxy) is 2. The smallest absolute Gasteiger partial charge is 0.293 e. The largest absolute Gasteiger partial charge is 0.485 e. The van der Waals surface area contributed by atoms with E-state index in [1.54, 1.807) is 30.3 Å². The van der Waals surface area contributed by atoms with Gasteiger partial charge in [-0.05, 0) is 37.1 Å². The monoisotopic (exact) mass is 412 g/mol. The molecule has 2 N–H and O–H groups in total. The van der Waals surface area contributed by atoms with Crippen LogP contribution in [0.4, 0.5) is 11.4 Å². The summed E-state index contributed by atoms with van der Waals surface area (Å²) >= 11 is 0. The number of amides is 2. The van der Waals surface area contributed by atoms with Gasteiger partial charge in [0.2, 0.25) is 6.10 Å². The van der Waals surface area contributed by atoms with Gasteiger partial charge in [0.05, 0.1) is 4.92 Å². The molecule has 2 aromatic carbocycles. The van der Waals surface area contributed by atoms with E-state index in [9.17, 15) is 19.7 Å². The highest BCUT2D eigenvalue weighted by atomic mass is 16.6. The molecular formula is C20H20N4O6. The van der Waals surface area contributed by atoms with E-state index in [0.717, 1.165) is 25.9 Å². The summed E-state index contributed by atoms with van der Waals surface area (Å²) in [7, 11) is 0. The molecule has 2 aliphatic heterocycles. The van der Waals surface area contributed by atoms with Crippen molar-refractivity contribution in [1.29, 1.82) is 0 Å². The summed E-state index contributed by atoms with van der Waals surface area (Å²) in [6, 6.07) is 11.2. The van der Waals surface area contributed by atoms with Gasteiger partial charge in [0, 0.05) is 24.7 Å². The Morgan fingerprint density at radius 1 is 1.07 bits per heavy atom. The van der Waals surface area contributed by atoms with Crippen molar-refractivity contribution >= 4 is 23.2 Å². The van der Waals surface area contributed by atoms with E-state index in [2.05, 4.69) is 10.9 Å². The fraction of sp³-hybridized carbons (Fsp3) is 0.300. The lowest BCUT2D eigenvalue weighted by atomic mass is 10.1. The van der Waals surface area contributed by atoms with Crippen LogP contribution in [-0.4, -0.2) is 42.5 Å². The quantitative estimate of drug-likeness (QED) is 0.580. The van der Waals surface area contributed by atoms with Gasteiger partial charge in [0.15, 0.2) is 11.5 Å². The van der Waals surface area contributed by atoms with Crippen LogP contribution in [0.5, 0.6) is 11.5 Å². The van der Waals surface area contributed by atoms with Crippen LogP contribution in [0.1, 0.15) is 23.2 Å². The molecule has 30 heavy (non-hydrogen) atoms. The second-order valence-corrected chi connectivity index (χ2v) is 6.96. The van der Waals surface area contributed by atoms with Crippen molar-refractivity contribution in [3.63, 3.8) is 0 Å². The first-order valence-corrected chi connectivity index (χ1v) is 9.55. The average molecular weight is 412 g/mol. The number of benzene rings is 2. The lowest BCUT2D eigenvalue weighted by molar-refractivity contribution is -0.384. The number of para-hydroxylation sites is 2. The number of nitrogens with one attached hydrogen (secondary N) is 2. The number of anilines is 1. The van der Waals surface area contributed by atoms with E-state index in [1.807, 2.05) is 4.90 Å². The number of nitro groups is 1. The van der Waals surface area contributed by atoms with E-state index in [-0.39, 0.29) is 17.9 Å². The lowest BCUT2D eigenvalue weighted by Gasteiger charge is -2.25. The second-order valence-electron chi connectivity index (χ2n) is 6.96. The molecule has 1 saturated heterocycles. The van der Waals surface area contributed by atoms with Crippen LogP contribution in [0, 0.1) is 10.1 Å². The van der Waals surface area contributed by atoms with Crippen LogP contribution in [0.15, 0.2) is 42.5 Å². The molecule has 2 aromatic rings. The minimum atomic E-state index is -0.938. The zero-order chi connectivity index (χ0) is 21.1. The van der Waals surface area contributed by atoms with Gasteiger partial charge in [-0.1, -0.05) is 12.1 Å². The van der Waals surface area contributed by atoms with E-state index < -0.39 is 22.8 Å². The molecule has 0 aliphatic carbocycles. The molecule has 2 aliphatic rings. The normalized spacial score (nSPS) is 17.3. The number of hydrogen-bond donors (Lipinski definition) is 2. The molecule has 2 amide bonds. The van der Waals surface area contributed by atoms with E-state index in [0.29, 0.717) is 17.2 Å². The first-order valence-electron chi connectivity index (χ1n) is 9.55. The molecule has 1 fully saturated rings.